The summed E-state index contributed by atoms with van der Waals surface area (Å²) < 4.78 is 38.8. The zero-order valence-electron chi connectivity index (χ0n) is 13.0. The average Bonchev–Trinajstić information content (AvgIpc) is 2.93. The van der Waals surface area contributed by atoms with Gasteiger partial charge in [-0.15, -0.1) is 0 Å². The van der Waals surface area contributed by atoms with Gasteiger partial charge in [-0.1, -0.05) is 0 Å². The van der Waals surface area contributed by atoms with Gasteiger partial charge in [-0.3, -0.25) is 4.79 Å². The Morgan fingerprint density at radius 3 is 2.50 bits per heavy atom. The zero-order valence-corrected chi connectivity index (χ0v) is 13.0. The summed E-state index contributed by atoms with van der Waals surface area (Å²) in [5.41, 5.74) is -2.79. The Balaban J connectivity index is 2.31. The minimum atomic E-state index is -4.75. The van der Waals surface area contributed by atoms with Crippen molar-refractivity contribution >= 4 is 11.6 Å². The zero-order chi connectivity index (χ0) is 18.1. The maximum absolute atomic E-state index is 12.9. The summed E-state index contributed by atoms with van der Waals surface area (Å²) >= 11 is 0. The number of aryl methyl sites for hydroxylation is 1. The van der Waals surface area contributed by atoms with Gasteiger partial charge in [-0.25, -0.2) is 4.98 Å². The van der Waals surface area contributed by atoms with E-state index in [1.165, 1.54) is 30.9 Å². The van der Waals surface area contributed by atoms with Crippen LogP contribution >= 0.6 is 0 Å². The molecule has 10 heteroatoms. The monoisotopic (exact) mass is 338 g/mol. The van der Waals surface area contributed by atoms with E-state index in [0.717, 1.165) is 6.20 Å². The van der Waals surface area contributed by atoms with Crippen LogP contribution in [0, 0.1) is 18.3 Å². The van der Waals surface area contributed by atoms with Crippen LogP contribution in [-0.4, -0.2) is 25.9 Å². The lowest BCUT2D eigenvalue weighted by Crippen LogP contribution is -2.41. The van der Waals surface area contributed by atoms with Gasteiger partial charge in [0.15, 0.2) is 11.2 Å². The summed E-state index contributed by atoms with van der Waals surface area (Å²) in [7, 11) is 0. The van der Waals surface area contributed by atoms with Gasteiger partial charge >= 0.3 is 6.18 Å². The Morgan fingerprint density at radius 1 is 1.33 bits per heavy atom. The smallest absolute Gasteiger partial charge is 0.323 e. The fourth-order valence-corrected chi connectivity index (χ4v) is 1.82. The second-order valence-electron chi connectivity index (χ2n) is 5.52. The van der Waals surface area contributed by atoms with Crippen LogP contribution in [-0.2, 0) is 16.5 Å². The molecule has 0 aliphatic heterocycles. The summed E-state index contributed by atoms with van der Waals surface area (Å²) in [6.45, 7) is 4.73. The Kier molecular flexibility index (Phi) is 4.29. The number of rotatable bonds is 3. The first kappa shape index (κ1) is 17.4. The highest BCUT2D eigenvalue weighted by Gasteiger charge is 2.36. The van der Waals surface area contributed by atoms with Gasteiger partial charge in [0.2, 0.25) is 0 Å². The molecule has 24 heavy (non-hydrogen) atoms. The Hall–Kier alpha value is -2.96. The van der Waals surface area contributed by atoms with Crippen LogP contribution in [0.25, 0.3) is 0 Å². The highest BCUT2D eigenvalue weighted by Crippen LogP contribution is 2.32. The summed E-state index contributed by atoms with van der Waals surface area (Å²) in [4.78, 5) is 17.0. The molecule has 0 aromatic carbocycles. The third-order valence-corrected chi connectivity index (χ3v) is 3.22. The third kappa shape index (κ3) is 3.34. The van der Waals surface area contributed by atoms with E-state index in [2.05, 4.69) is 20.5 Å². The largest absolute Gasteiger partial charge is 0.419 e. The van der Waals surface area contributed by atoms with E-state index in [1.54, 1.807) is 6.92 Å². The summed E-state index contributed by atoms with van der Waals surface area (Å²) in [6.07, 6.45) is -2.31. The first-order chi connectivity index (χ1) is 11.1. The number of carbonyl (C=O) groups is 1. The number of hydrogen-bond donors (Lipinski definition) is 1. The Labute approximate surface area is 135 Å². The van der Waals surface area contributed by atoms with Crippen LogP contribution < -0.4 is 5.32 Å². The van der Waals surface area contributed by atoms with Gasteiger partial charge in [0.25, 0.3) is 5.91 Å². The quantitative estimate of drug-likeness (QED) is 0.926. The van der Waals surface area contributed by atoms with Crippen molar-refractivity contribution in [3.8, 4) is 6.07 Å². The lowest BCUT2D eigenvalue weighted by Gasteiger charge is -2.22. The molecule has 0 unspecified atom stereocenters. The molecule has 2 aromatic rings. The molecule has 0 aliphatic rings. The second kappa shape index (κ2) is 5.92. The van der Waals surface area contributed by atoms with Crippen LogP contribution in [0.2, 0.25) is 0 Å². The first-order valence-electron chi connectivity index (χ1n) is 6.74. The van der Waals surface area contributed by atoms with E-state index in [1.807, 2.05) is 0 Å². The summed E-state index contributed by atoms with van der Waals surface area (Å²) in [5.74, 6) is -0.627. The Bertz CT molecular complexity index is 819. The van der Waals surface area contributed by atoms with Gasteiger partial charge < -0.3 is 5.32 Å². The molecule has 1 amide bonds. The SMILES string of the molecule is Cc1cnn(C(C)(C)C(=O)Nc2cnc(C#N)c(C(F)(F)F)c2)n1. The van der Waals surface area contributed by atoms with Gasteiger partial charge in [-0.05, 0) is 26.8 Å². The number of amides is 1. The van der Waals surface area contributed by atoms with Crippen molar-refractivity contribution in [1.29, 1.82) is 5.26 Å². The minimum Gasteiger partial charge on any atom is -0.323 e. The fourth-order valence-electron chi connectivity index (χ4n) is 1.82. The standard InChI is InChI=1S/C14H13F3N6O/c1-8-6-20-23(22-8)13(2,3)12(24)21-9-4-10(14(15,16)17)11(5-18)19-7-9/h4,6-7H,1-3H3,(H,21,24). The highest BCUT2D eigenvalue weighted by atomic mass is 19.4. The normalized spacial score (nSPS) is 11.9. The van der Waals surface area contributed by atoms with Gasteiger partial charge in [0, 0.05) is 0 Å². The molecule has 0 spiro atoms. The molecule has 2 aromatic heterocycles. The predicted molar refractivity (Wildman–Crippen MR) is 76.7 cm³/mol. The molecule has 2 heterocycles. The van der Waals surface area contributed by atoms with E-state index in [9.17, 15) is 18.0 Å². The maximum Gasteiger partial charge on any atom is 0.419 e. The van der Waals surface area contributed by atoms with Crippen molar-refractivity contribution in [1.82, 2.24) is 20.0 Å². The summed E-state index contributed by atoms with van der Waals surface area (Å²) in [6, 6.07) is 2.04. The third-order valence-electron chi connectivity index (χ3n) is 3.22. The van der Waals surface area contributed by atoms with Crippen molar-refractivity contribution < 1.29 is 18.0 Å². The molecule has 7 nitrogen and oxygen atoms in total. The molecule has 2 rings (SSSR count). The number of nitriles is 1. The first-order valence-corrected chi connectivity index (χ1v) is 6.74. The molecule has 0 fully saturated rings. The number of hydrogen-bond acceptors (Lipinski definition) is 5. The Morgan fingerprint density at radius 2 is 2.00 bits per heavy atom. The van der Waals surface area contributed by atoms with Crippen molar-refractivity contribution in [3.63, 3.8) is 0 Å². The van der Waals surface area contributed by atoms with E-state index in [4.69, 9.17) is 5.26 Å². The molecule has 0 saturated carbocycles. The molecule has 0 bridgehead atoms. The summed E-state index contributed by atoms with van der Waals surface area (Å²) in [5, 5.41) is 19.0. The molecular formula is C14H13F3N6O. The molecule has 0 saturated heterocycles. The van der Waals surface area contributed by atoms with Crippen LogP contribution in [0.1, 0.15) is 30.8 Å². The van der Waals surface area contributed by atoms with Gasteiger partial charge in [0.05, 0.1) is 29.3 Å². The van der Waals surface area contributed by atoms with E-state index < -0.39 is 28.9 Å². The van der Waals surface area contributed by atoms with Crippen molar-refractivity contribution in [2.24, 2.45) is 0 Å². The van der Waals surface area contributed by atoms with E-state index >= 15 is 0 Å². The second-order valence-corrected chi connectivity index (χ2v) is 5.52. The number of carbonyl (C=O) groups excluding carboxylic acids is 1. The topological polar surface area (TPSA) is 96.5 Å². The number of pyridine rings is 1. The van der Waals surface area contributed by atoms with Crippen LogP contribution in [0.5, 0.6) is 0 Å². The maximum atomic E-state index is 12.9. The molecule has 0 radical (unpaired) electrons. The van der Waals surface area contributed by atoms with Crippen molar-refractivity contribution in [2.75, 3.05) is 5.32 Å². The fraction of sp³-hybridized carbons (Fsp3) is 0.357. The van der Waals surface area contributed by atoms with Crippen molar-refractivity contribution in [2.45, 2.75) is 32.5 Å². The van der Waals surface area contributed by atoms with Crippen LogP contribution in [0.4, 0.5) is 18.9 Å². The van der Waals surface area contributed by atoms with Crippen LogP contribution in [0.15, 0.2) is 18.5 Å². The van der Waals surface area contributed by atoms with Crippen molar-refractivity contribution in [3.05, 3.63) is 35.4 Å². The molecule has 126 valence electrons. The van der Waals surface area contributed by atoms with E-state index in [0.29, 0.717) is 11.8 Å². The minimum absolute atomic E-state index is 0.178. The number of alkyl halides is 3. The van der Waals surface area contributed by atoms with E-state index in [-0.39, 0.29) is 5.69 Å². The van der Waals surface area contributed by atoms with Gasteiger partial charge in [0.1, 0.15) is 6.07 Å². The van der Waals surface area contributed by atoms with Gasteiger partial charge in [-0.2, -0.15) is 33.4 Å². The number of aromatic nitrogens is 4. The number of nitrogens with zero attached hydrogens (tertiary/aromatic N) is 5. The molecule has 0 aliphatic carbocycles. The molecular weight excluding hydrogens is 325 g/mol. The lowest BCUT2D eigenvalue weighted by molar-refractivity contribution is -0.138. The predicted octanol–water partition coefficient (Wildman–Crippen LogP) is 2.25. The number of nitrogens with one attached hydrogen (secondary N) is 1. The average molecular weight is 338 g/mol. The van der Waals surface area contributed by atoms with Crippen LogP contribution in [0.3, 0.4) is 0 Å². The lowest BCUT2D eigenvalue weighted by atomic mass is 10.1. The molecule has 0 atom stereocenters. The number of halogens is 3. The highest BCUT2D eigenvalue weighted by molar-refractivity contribution is 5.95. The number of anilines is 1. The molecule has 1 N–H and O–H groups in total.